The molecule has 7 heteroatoms. The largest absolute Gasteiger partial charge is 0.379 e. The van der Waals surface area contributed by atoms with Crippen molar-refractivity contribution >= 4 is 27.5 Å². The molecule has 0 aliphatic carbocycles. The van der Waals surface area contributed by atoms with E-state index in [4.69, 9.17) is 15.9 Å². The molecule has 1 fully saturated rings. The Kier molecular flexibility index (Phi) is 7.90. The van der Waals surface area contributed by atoms with Gasteiger partial charge in [0, 0.05) is 49.2 Å². The van der Waals surface area contributed by atoms with Crippen molar-refractivity contribution in [3.05, 3.63) is 101 Å². The monoisotopic (exact) mass is 547 g/mol. The summed E-state index contributed by atoms with van der Waals surface area (Å²) in [5, 5.41) is 10.8. The molecule has 1 unspecified atom stereocenters. The lowest BCUT2D eigenvalue weighted by Crippen LogP contribution is -2.43. The number of nitrogens with zero attached hydrogens (tertiary/aromatic N) is 5. The highest BCUT2D eigenvalue weighted by molar-refractivity contribution is 5.90. The number of aromatic nitrogens is 3. The number of nitrogens with one attached hydrogen (secondary N) is 1. The Morgan fingerprint density at radius 2 is 1.78 bits per heavy atom. The molecule has 3 aromatic carbocycles. The van der Waals surface area contributed by atoms with Crippen LogP contribution in [0.5, 0.6) is 0 Å². The Morgan fingerprint density at radius 1 is 0.951 bits per heavy atom. The van der Waals surface area contributed by atoms with Gasteiger partial charge in [0.05, 0.1) is 29.0 Å². The van der Waals surface area contributed by atoms with Crippen LogP contribution in [-0.4, -0.2) is 57.9 Å². The first-order chi connectivity index (χ1) is 20.0. The van der Waals surface area contributed by atoms with Gasteiger partial charge in [0.2, 0.25) is 0 Å². The Labute approximate surface area is 242 Å². The number of nitrogens with two attached hydrogens (primary N) is 1. The number of pyridine rings is 1. The molecule has 212 valence electrons. The fraction of sp³-hybridized carbons (Fsp3) is 0.353. The van der Waals surface area contributed by atoms with E-state index in [1.54, 1.807) is 4.79 Å². The second kappa shape index (κ2) is 11.9. The van der Waals surface area contributed by atoms with Crippen LogP contribution >= 0.6 is 0 Å². The first kappa shape index (κ1) is 27.2. The minimum atomic E-state index is 0.373. The Hall–Kier alpha value is -3.94. The van der Waals surface area contributed by atoms with Crippen molar-refractivity contribution in [2.45, 2.75) is 45.7 Å². The standard InChI is InChI=1S/C34H41N7/c1-4-26(28-10-7-8-25(20-28)23-40-18-16-39(3)17-19-40)21-32-34-24(2)30(14-15-33(34)41(35)38-32)36-22-29-13-12-27-9-5-6-11-31(27)37-29/h5-15,20,26,36H,4,16-19,21-23,35H2,1-3H3. The van der Waals surface area contributed by atoms with Crippen molar-refractivity contribution in [3.63, 3.8) is 0 Å². The highest BCUT2D eigenvalue weighted by Crippen LogP contribution is 2.32. The van der Waals surface area contributed by atoms with Crippen LogP contribution in [0.2, 0.25) is 0 Å². The molecule has 41 heavy (non-hydrogen) atoms. The molecule has 5 aromatic rings. The topological polar surface area (TPSA) is 75.2 Å². The van der Waals surface area contributed by atoms with Gasteiger partial charge in [-0.3, -0.25) is 9.88 Å². The fourth-order valence-electron chi connectivity index (χ4n) is 6.15. The molecule has 1 aliphatic heterocycles. The first-order valence-corrected chi connectivity index (χ1v) is 14.8. The smallest absolute Gasteiger partial charge is 0.0923 e. The lowest BCUT2D eigenvalue weighted by molar-refractivity contribution is 0.148. The summed E-state index contributed by atoms with van der Waals surface area (Å²) in [6, 6.07) is 25.8. The van der Waals surface area contributed by atoms with Crippen molar-refractivity contribution in [1.29, 1.82) is 0 Å². The summed E-state index contributed by atoms with van der Waals surface area (Å²) in [5.41, 5.74) is 9.09. The molecule has 0 radical (unpaired) electrons. The predicted octanol–water partition coefficient (Wildman–Crippen LogP) is 5.70. The van der Waals surface area contributed by atoms with Gasteiger partial charge in [0.25, 0.3) is 0 Å². The summed E-state index contributed by atoms with van der Waals surface area (Å²) in [7, 11) is 2.21. The van der Waals surface area contributed by atoms with Gasteiger partial charge in [-0.05, 0) is 73.7 Å². The van der Waals surface area contributed by atoms with E-state index in [0.717, 1.165) is 84.4 Å². The second-order valence-corrected chi connectivity index (χ2v) is 11.5. The normalized spacial score (nSPS) is 15.5. The zero-order valence-corrected chi connectivity index (χ0v) is 24.5. The van der Waals surface area contributed by atoms with Gasteiger partial charge in [-0.1, -0.05) is 55.5 Å². The van der Waals surface area contributed by atoms with Gasteiger partial charge < -0.3 is 16.1 Å². The van der Waals surface area contributed by atoms with E-state index >= 15 is 0 Å². The Bertz CT molecular complexity index is 1650. The zero-order chi connectivity index (χ0) is 28.3. The number of hydrogen-bond acceptors (Lipinski definition) is 6. The van der Waals surface area contributed by atoms with Crippen molar-refractivity contribution < 1.29 is 0 Å². The number of nitrogen functional groups attached to an aromatic ring is 1. The van der Waals surface area contributed by atoms with Crippen LogP contribution < -0.4 is 11.2 Å². The Balaban J connectivity index is 1.21. The second-order valence-electron chi connectivity index (χ2n) is 11.5. The minimum Gasteiger partial charge on any atom is -0.379 e. The average Bonchev–Trinajstić information content (AvgIpc) is 3.32. The number of para-hydroxylation sites is 1. The number of piperazine rings is 1. The summed E-state index contributed by atoms with van der Waals surface area (Å²) in [6.07, 6.45) is 1.90. The molecule has 0 saturated carbocycles. The number of hydrogen-bond donors (Lipinski definition) is 2. The maximum atomic E-state index is 6.37. The van der Waals surface area contributed by atoms with E-state index in [1.807, 2.05) is 12.1 Å². The maximum Gasteiger partial charge on any atom is 0.0923 e. The molecule has 1 saturated heterocycles. The number of aryl methyl sites for hydroxylation is 1. The molecule has 1 atom stereocenters. The summed E-state index contributed by atoms with van der Waals surface area (Å²) >= 11 is 0. The number of benzene rings is 3. The van der Waals surface area contributed by atoms with Crippen LogP contribution in [-0.2, 0) is 19.5 Å². The van der Waals surface area contributed by atoms with Crippen LogP contribution in [0.25, 0.3) is 21.8 Å². The van der Waals surface area contributed by atoms with Gasteiger partial charge >= 0.3 is 0 Å². The highest BCUT2D eigenvalue weighted by Gasteiger charge is 2.20. The quantitative estimate of drug-likeness (QED) is 0.231. The highest BCUT2D eigenvalue weighted by atomic mass is 15.5. The number of fused-ring (bicyclic) bond motifs is 2. The maximum absolute atomic E-state index is 6.37. The summed E-state index contributed by atoms with van der Waals surface area (Å²) in [4.78, 5) is 11.3. The number of anilines is 1. The van der Waals surface area contributed by atoms with Gasteiger partial charge in [0.1, 0.15) is 0 Å². The van der Waals surface area contributed by atoms with Crippen LogP contribution in [0.15, 0.2) is 72.8 Å². The van der Waals surface area contributed by atoms with E-state index in [2.05, 4.69) is 96.7 Å². The first-order valence-electron chi connectivity index (χ1n) is 14.8. The third-order valence-corrected chi connectivity index (χ3v) is 8.68. The van der Waals surface area contributed by atoms with Crippen molar-refractivity contribution in [2.75, 3.05) is 44.4 Å². The third kappa shape index (κ3) is 5.92. The van der Waals surface area contributed by atoms with Crippen LogP contribution in [0.3, 0.4) is 0 Å². The fourth-order valence-corrected chi connectivity index (χ4v) is 6.15. The molecule has 3 heterocycles. The lowest BCUT2D eigenvalue weighted by Gasteiger charge is -2.32. The number of likely N-dealkylation sites (N-methyl/N-ethyl adjacent to an activating group) is 1. The molecule has 0 spiro atoms. The third-order valence-electron chi connectivity index (χ3n) is 8.68. The Morgan fingerprint density at radius 3 is 2.61 bits per heavy atom. The molecular weight excluding hydrogens is 506 g/mol. The predicted molar refractivity (Wildman–Crippen MR) is 170 cm³/mol. The van der Waals surface area contributed by atoms with Gasteiger partial charge in [0.15, 0.2) is 0 Å². The summed E-state index contributed by atoms with van der Waals surface area (Å²) < 4.78 is 0. The lowest BCUT2D eigenvalue weighted by atomic mass is 9.89. The van der Waals surface area contributed by atoms with E-state index in [9.17, 15) is 0 Å². The van der Waals surface area contributed by atoms with Crippen LogP contribution in [0.4, 0.5) is 5.69 Å². The van der Waals surface area contributed by atoms with Crippen molar-refractivity contribution in [2.24, 2.45) is 0 Å². The average molecular weight is 548 g/mol. The van der Waals surface area contributed by atoms with Gasteiger partial charge in [-0.2, -0.15) is 9.89 Å². The van der Waals surface area contributed by atoms with E-state index in [-0.39, 0.29) is 0 Å². The SMILES string of the molecule is CCC(Cc1nn(N)c2ccc(NCc3ccc4ccccc4n3)c(C)c12)c1cccc(CN2CCN(C)CC2)c1. The summed E-state index contributed by atoms with van der Waals surface area (Å²) in [5.74, 6) is 6.75. The van der Waals surface area contributed by atoms with Gasteiger partial charge in [-0.25, -0.2) is 0 Å². The van der Waals surface area contributed by atoms with Crippen LogP contribution in [0, 0.1) is 6.92 Å². The summed E-state index contributed by atoms with van der Waals surface area (Å²) in [6.45, 7) is 10.6. The van der Waals surface area contributed by atoms with Crippen LogP contribution in [0.1, 0.15) is 47.3 Å². The molecule has 2 aromatic heterocycles. The molecule has 6 rings (SSSR count). The molecule has 0 amide bonds. The minimum absolute atomic E-state index is 0.373. The van der Waals surface area contributed by atoms with E-state index in [1.165, 1.54) is 16.7 Å². The molecule has 0 bridgehead atoms. The molecule has 7 nitrogen and oxygen atoms in total. The van der Waals surface area contributed by atoms with E-state index < -0.39 is 0 Å². The number of rotatable bonds is 9. The molecule has 1 aliphatic rings. The zero-order valence-electron chi connectivity index (χ0n) is 24.5. The molecular formula is C34H41N7. The van der Waals surface area contributed by atoms with Crippen molar-refractivity contribution in [3.8, 4) is 0 Å². The van der Waals surface area contributed by atoms with E-state index in [0.29, 0.717) is 12.5 Å². The van der Waals surface area contributed by atoms with Crippen molar-refractivity contribution in [1.82, 2.24) is 24.7 Å². The molecule has 3 N–H and O–H groups in total. The van der Waals surface area contributed by atoms with Gasteiger partial charge in [-0.15, -0.1) is 0 Å².